The predicted octanol–water partition coefficient (Wildman–Crippen LogP) is 3.43. The molecule has 0 bridgehead atoms. The van der Waals surface area contributed by atoms with Crippen LogP contribution < -0.4 is 0 Å². The van der Waals surface area contributed by atoms with Crippen LogP contribution in [0.2, 0.25) is 0 Å². The number of hydrogen-bond donors (Lipinski definition) is 0. The highest BCUT2D eigenvalue weighted by atomic mass is 16.5. The van der Waals surface area contributed by atoms with Crippen molar-refractivity contribution in [3.63, 3.8) is 0 Å². The number of aromatic nitrogens is 2. The molecule has 5 heteroatoms. The number of nitrogens with zero attached hydrogens (tertiary/aromatic N) is 3. The van der Waals surface area contributed by atoms with Gasteiger partial charge in [-0.25, -0.2) is 0 Å². The molecule has 0 aliphatic heterocycles. The standard InChI is InChI=1S/C14H23N3O2/c1-5-7-11(18-4)13-16-12(19-17-13)10-14(3,6-2)8-9-15/h11H,5-8,10H2,1-4H3. The SMILES string of the molecule is CCCC(OC)c1noc(CC(C)(CC)CC#N)n1. The number of hydrogen-bond acceptors (Lipinski definition) is 5. The van der Waals surface area contributed by atoms with E-state index < -0.39 is 0 Å². The van der Waals surface area contributed by atoms with Gasteiger partial charge in [-0.1, -0.05) is 32.3 Å². The van der Waals surface area contributed by atoms with Crippen LogP contribution in [0.3, 0.4) is 0 Å². The summed E-state index contributed by atoms with van der Waals surface area (Å²) in [7, 11) is 1.65. The molecule has 0 fully saturated rings. The van der Waals surface area contributed by atoms with E-state index in [9.17, 15) is 0 Å². The highest BCUT2D eigenvalue weighted by Crippen LogP contribution is 2.30. The van der Waals surface area contributed by atoms with Crippen molar-refractivity contribution in [2.75, 3.05) is 7.11 Å². The van der Waals surface area contributed by atoms with Crippen LogP contribution in [0.4, 0.5) is 0 Å². The Morgan fingerprint density at radius 2 is 2.21 bits per heavy atom. The highest BCUT2D eigenvalue weighted by Gasteiger charge is 2.26. The number of rotatable bonds is 8. The Bertz CT molecular complexity index is 425. The first-order valence-corrected chi connectivity index (χ1v) is 6.80. The van der Waals surface area contributed by atoms with Crippen LogP contribution in [0.15, 0.2) is 4.52 Å². The summed E-state index contributed by atoms with van der Waals surface area (Å²) >= 11 is 0. The molecule has 0 saturated heterocycles. The number of nitriles is 1. The molecule has 0 aliphatic rings. The lowest BCUT2D eigenvalue weighted by Crippen LogP contribution is -2.18. The molecule has 0 amide bonds. The second-order valence-electron chi connectivity index (χ2n) is 5.24. The molecule has 0 N–H and O–H groups in total. The minimum Gasteiger partial charge on any atom is -0.373 e. The maximum absolute atomic E-state index is 8.88. The smallest absolute Gasteiger partial charge is 0.227 e. The first kappa shape index (κ1) is 15.6. The lowest BCUT2D eigenvalue weighted by atomic mass is 9.81. The summed E-state index contributed by atoms with van der Waals surface area (Å²) in [6.45, 7) is 6.23. The summed E-state index contributed by atoms with van der Waals surface area (Å²) in [5, 5.41) is 12.9. The second-order valence-corrected chi connectivity index (χ2v) is 5.24. The minimum atomic E-state index is -0.105. The molecule has 1 aromatic rings. The van der Waals surface area contributed by atoms with Gasteiger partial charge in [0.15, 0.2) is 0 Å². The fraction of sp³-hybridized carbons (Fsp3) is 0.786. The zero-order valence-corrected chi connectivity index (χ0v) is 12.3. The average Bonchev–Trinajstić information content (AvgIpc) is 2.84. The van der Waals surface area contributed by atoms with Gasteiger partial charge in [0.05, 0.1) is 6.07 Å². The zero-order chi connectivity index (χ0) is 14.3. The van der Waals surface area contributed by atoms with E-state index in [4.69, 9.17) is 14.5 Å². The summed E-state index contributed by atoms with van der Waals surface area (Å²) in [5.74, 6) is 1.20. The van der Waals surface area contributed by atoms with Crippen molar-refractivity contribution < 1.29 is 9.26 Å². The topological polar surface area (TPSA) is 71.9 Å². The predicted molar refractivity (Wildman–Crippen MR) is 71.3 cm³/mol. The summed E-state index contributed by atoms with van der Waals surface area (Å²) in [6, 6.07) is 2.23. The van der Waals surface area contributed by atoms with Gasteiger partial charge in [0, 0.05) is 20.0 Å². The normalized spacial score (nSPS) is 15.7. The van der Waals surface area contributed by atoms with E-state index in [0.717, 1.165) is 19.3 Å². The summed E-state index contributed by atoms with van der Waals surface area (Å²) < 4.78 is 10.6. The van der Waals surface area contributed by atoms with E-state index in [2.05, 4.69) is 37.0 Å². The van der Waals surface area contributed by atoms with E-state index in [-0.39, 0.29) is 11.5 Å². The van der Waals surface area contributed by atoms with Crippen molar-refractivity contribution >= 4 is 0 Å². The molecule has 1 aromatic heterocycles. The lowest BCUT2D eigenvalue weighted by Gasteiger charge is -2.22. The van der Waals surface area contributed by atoms with E-state index in [1.54, 1.807) is 7.11 Å². The van der Waals surface area contributed by atoms with Crippen LogP contribution in [-0.4, -0.2) is 17.3 Å². The quantitative estimate of drug-likeness (QED) is 0.720. The van der Waals surface area contributed by atoms with Gasteiger partial charge in [-0.3, -0.25) is 0 Å². The van der Waals surface area contributed by atoms with Crippen LogP contribution in [0, 0.1) is 16.7 Å². The van der Waals surface area contributed by atoms with Crippen LogP contribution in [-0.2, 0) is 11.2 Å². The van der Waals surface area contributed by atoms with Crippen LogP contribution in [0.25, 0.3) is 0 Å². The van der Waals surface area contributed by atoms with Crippen LogP contribution in [0.1, 0.15) is 64.3 Å². The van der Waals surface area contributed by atoms with Crippen LogP contribution >= 0.6 is 0 Å². The molecule has 0 saturated carbocycles. The van der Waals surface area contributed by atoms with Crippen molar-refractivity contribution in [3.8, 4) is 6.07 Å². The van der Waals surface area contributed by atoms with Gasteiger partial charge in [-0.15, -0.1) is 0 Å². The Kier molecular flexibility index (Phi) is 5.97. The molecule has 0 radical (unpaired) electrons. The van der Waals surface area contributed by atoms with E-state index >= 15 is 0 Å². The molecule has 106 valence electrons. The van der Waals surface area contributed by atoms with Crippen LogP contribution in [0.5, 0.6) is 0 Å². The van der Waals surface area contributed by atoms with Gasteiger partial charge in [0.2, 0.25) is 11.7 Å². The zero-order valence-electron chi connectivity index (χ0n) is 12.3. The fourth-order valence-corrected chi connectivity index (χ4v) is 1.95. The first-order chi connectivity index (χ1) is 9.08. The van der Waals surface area contributed by atoms with Gasteiger partial charge in [-0.05, 0) is 18.3 Å². The van der Waals surface area contributed by atoms with E-state index in [0.29, 0.717) is 24.6 Å². The maximum Gasteiger partial charge on any atom is 0.227 e. The summed E-state index contributed by atoms with van der Waals surface area (Å²) in [5.41, 5.74) is -0.105. The molecule has 0 spiro atoms. The van der Waals surface area contributed by atoms with Crippen molar-refractivity contribution in [1.29, 1.82) is 5.26 Å². The van der Waals surface area contributed by atoms with Gasteiger partial charge >= 0.3 is 0 Å². The third-order valence-corrected chi connectivity index (χ3v) is 3.54. The number of ether oxygens (including phenoxy) is 1. The van der Waals surface area contributed by atoms with Gasteiger partial charge in [0.1, 0.15) is 6.10 Å². The Morgan fingerprint density at radius 1 is 1.47 bits per heavy atom. The molecule has 19 heavy (non-hydrogen) atoms. The molecule has 2 atom stereocenters. The average molecular weight is 265 g/mol. The lowest BCUT2D eigenvalue weighted by molar-refractivity contribution is 0.0854. The third-order valence-electron chi connectivity index (χ3n) is 3.54. The molecule has 0 aliphatic carbocycles. The molecule has 5 nitrogen and oxygen atoms in total. The molecular formula is C14H23N3O2. The summed E-state index contributed by atoms with van der Waals surface area (Å²) in [4.78, 5) is 4.40. The van der Waals surface area contributed by atoms with Crippen molar-refractivity contribution in [1.82, 2.24) is 10.1 Å². The highest BCUT2D eigenvalue weighted by molar-refractivity contribution is 4.96. The molecule has 1 heterocycles. The monoisotopic (exact) mass is 265 g/mol. The van der Waals surface area contributed by atoms with Crippen molar-refractivity contribution in [3.05, 3.63) is 11.7 Å². The van der Waals surface area contributed by atoms with Gasteiger partial charge in [-0.2, -0.15) is 10.2 Å². The second kappa shape index (κ2) is 7.25. The fourth-order valence-electron chi connectivity index (χ4n) is 1.95. The van der Waals surface area contributed by atoms with Crippen molar-refractivity contribution in [2.24, 2.45) is 5.41 Å². The van der Waals surface area contributed by atoms with Gasteiger partial charge < -0.3 is 9.26 Å². The molecule has 2 unspecified atom stereocenters. The van der Waals surface area contributed by atoms with E-state index in [1.165, 1.54) is 0 Å². The first-order valence-electron chi connectivity index (χ1n) is 6.80. The Hall–Kier alpha value is -1.41. The molecular weight excluding hydrogens is 242 g/mol. The van der Waals surface area contributed by atoms with Crippen molar-refractivity contribution in [2.45, 2.75) is 59.0 Å². The van der Waals surface area contributed by atoms with E-state index in [1.807, 2.05) is 0 Å². The Labute approximate surface area is 115 Å². The maximum atomic E-state index is 8.88. The Morgan fingerprint density at radius 3 is 2.74 bits per heavy atom. The molecule has 0 aromatic carbocycles. The molecule has 1 rings (SSSR count). The summed E-state index contributed by atoms with van der Waals surface area (Å²) in [6.07, 6.45) is 3.80. The Balaban J connectivity index is 2.76. The number of methoxy groups -OCH3 is 1. The van der Waals surface area contributed by atoms with Gasteiger partial charge in [0.25, 0.3) is 0 Å². The largest absolute Gasteiger partial charge is 0.373 e. The minimum absolute atomic E-state index is 0.105. The third kappa shape index (κ3) is 4.32.